The summed E-state index contributed by atoms with van der Waals surface area (Å²) >= 11 is 9.49. The Bertz CT molecular complexity index is 490. The zero-order chi connectivity index (χ0) is 12.1. The Morgan fingerprint density at radius 3 is 2.82 bits per heavy atom. The number of benzene rings is 1. The second-order valence-electron chi connectivity index (χ2n) is 3.55. The molecule has 0 spiro atoms. The van der Waals surface area contributed by atoms with Gasteiger partial charge in [-0.15, -0.1) is 0 Å². The smallest absolute Gasteiger partial charge is 0.0769 e. The first-order chi connectivity index (χ1) is 8.25. The third-order valence-corrected chi connectivity index (χ3v) is 3.11. The standard InChI is InChI=1S/C12H11BrClN3/c13-10-4-3-9(12(14)6-10)7-15-8-11-2-1-5-16-17-11/h1-6,15H,7-8H2. The number of hydrogen-bond donors (Lipinski definition) is 1. The van der Waals surface area contributed by atoms with Crippen molar-refractivity contribution in [2.45, 2.75) is 13.1 Å². The van der Waals surface area contributed by atoms with Gasteiger partial charge in [0.1, 0.15) is 0 Å². The largest absolute Gasteiger partial charge is 0.307 e. The van der Waals surface area contributed by atoms with E-state index in [4.69, 9.17) is 11.6 Å². The second kappa shape index (κ2) is 6.10. The summed E-state index contributed by atoms with van der Waals surface area (Å²) in [5.41, 5.74) is 1.99. The fourth-order valence-electron chi connectivity index (χ4n) is 1.42. The van der Waals surface area contributed by atoms with Gasteiger partial charge < -0.3 is 5.32 Å². The zero-order valence-corrected chi connectivity index (χ0v) is 11.4. The van der Waals surface area contributed by atoms with Gasteiger partial charge in [-0.25, -0.2) is 0 Å². The average molecular weight is 313 g/mol. The van der Waals surface area contributed by atoms with E-state index in [9.17, 15) is 0 Å². The van der Waals surface area contributed by atoms with E-state index in [1.807, 2.05) is 30.3 Å². The summed E-state index contributed by atoms with van der Waals surface area (Å²) < 4.78 is 0.986. The van der Waals surface area contributed by atoms with E-state index in [1.165, 1.54) is 0 Å². The van der Waals surface area contributed by atoms with Crippen molar-refractivity contribution in [2.75, 3.05) is 0 Å². The van der Waals surface area contributed by atoms with Gasteiger partial charge in [0.15, 0.2) is 0 Å². The van der Waals surface area contributed by atoms with Crippen molar-refractivity contribution in [3.8, 4) is 0 Å². The molecule has 5 heteroatoms. The highest BCUT2D eigenvalue weighted by Gasteiger charge is 2.01. The molecule has 0 radical (unpaired) electrons. The Kier molecular flexibility index (Phi) is 4.48. The highest BCUT2D eigenvalue weighted by molar-refractivity contribution is 9.10. The predicted octanol–water partition coefficient (Wildman–Crippen LogP) is 3.18. The van der Waals surface area contributed by atoms with E-state index in [0.717, 1.165) is 20.8 Å². The average Bonchev–Trinajstić information content (AvgIpc) is 2.33. The third-order valence-electron chi connectivity index (χ3n) is 2.26. The third kappa shape index (κ3) is 3.77. The Labute approximate surface area is 113 Å². The predicted molar refractivity (Wildman–Crippen MR) is 71.7 cm³/mol. The molecular weight excluding hydrogens is 302 g/mol. The topological polar surface area (TPSA) is 37.8 Å². The fourth-order valence-corrected chi connectivity index (χ4v) is 2.16. The van der Waals surface area contributed by atoms with Gasteiger partial charge in [-0.2, -0.15) is 10.2 Å². The lowest BCUT2D eigenvalue weighted by molar-refractivity contribution is 0.670. The Morgan fingerprint density at radius 2 is 2.12 bits per heavy atom. The molecule has 2 rings (SSSR count). The molecule has 0 saturated heterocycles. The molecule has 2 aromatic rings. The minimum absolute atomic E-state index is 0.681. The van der Waals surface area contributed by atoms with Crippen LogP contribution in [0, 0.1) is 0 Å². The minimum Gasteiger partial charge on any atom is -0.307 e. The van der Waals surface area contributed by atoms with E-state index in [1.54, 1.807) is 6.20 Å². The van der Waals surface area contributed by atoms with Crippen LogP contribution in [0.1, 0.15) is 11.3 Å². The van der Waals surface area contributed by atoms with Crippen LogP contribution < -0.4 is 5.32 Å². The van der Waals surface area contributed by atoms with E-state index >= 15 is 0 Å². The number of halogens is 2. The fraction of sp³-hybridized carbons (Fsp3) is 0.167. The first-order valence-corrected chi connectivity index (χ1v) is 6.34. The Hall–Kier alpha value is -0.970. The number of aromatic nitrogens is 2. The monoisotopic (exact) mass is 311 g/mol. The van der Waals surface area contributed by atoms with Gasteiger partial charge in [-0.05, 0) is 29.8 Å². The van der Waals surface area contributed by atoms with Crippen LogP contribution in [0.2, 0.25) is 5.02 Å². The molecule has 0 saturated carbocycles. The number of hydrogen-bond acceptors (Lipinski definition) is 3. The van der Waals surface area contributed by atoms with Crippen molar-refractivity contribution in [1.29, 1.82) is 0 Å². The second-order valence-corrected chi connectivity index (χ2v) is 4.88. The van der Waals surface area contributed by atoms with Gasteiger partial charge in [0.05, 0.1) is 5.69 Å². The molecule has 0 aliphatic rings. The molecule has 17 heavy (non-hydrogen) atoms. The van der Waals surface area contributed by atoms with Crippen LogP contribution in [0.3, 0.4) is 0 Å². The number of nitrogens with zero attached hydrogens (tertiary/aromatic N) is 2. The summed E-state index contributed by atoms with van der Waals surface area (Å²) in [7, 11) is 0. The lowest BCUT2D eigenvalue weighted by atomic mass is 10.2. The molecule has 0 aliphatic heterocycles. The van der Waals surface area contributed by atoms with Crippen LogP contribution in [0.25, 0.3) is 0 Å². The highest BCUT2D eigenvalue weighted by Crippen LogP contribution is 2.21. The van der Waals surface area contributed by atoms with E-state index in [-0.39, 0.29) is 0 Å². The van der Waals surface area contributed by atoms with Crippen molar-refractivity contribution in [3.63, 3.8) is 0 Å². The lowest BCUT2D eigenvalue weighted by Gasteiger charge is -2.06. The zero-order valence-electron chi connectivity index (χ0n) is 9.03. The summed E-state index contributed by atoms with van der Waals surface area (Å²) in [4.78, 5) is 0. The van der Waals surface area contributed by atoms with Gasteiger partial charge in [-0.1, -0.05) is 33.6 Å². The summed E-state index contributed by atoms with van der Waals surface area (Å²) in [6.07, 6.45) is 1.66. The van der Waals surface area contributed by atoms with E-state index < -0.39 is 0 Å². The van der Waals surface area contributed by atoms with Gasteiger partial charge in [0.25, 0.3) is 0 Å². The normalized spacial score (nSPS) is 10.5. The van der Waals surface area contributed by atoms with E-state index in [2.05, 4.69) is 31.4 Å². The summed E-state index contributed by atoms with van der Waals surface area (Å²) in [5.74, 6) is 0. The van der Waals surface area contributed by atoms with Crippen molar-refractivity contribution >= 4 is 27.5 Å². The molecule has 0 amide bonds. The molecule has 1 aromatic heterocycles. The van der Waals surface area contributed by atoms with Crippen LogP contribution in [0.5, 0.6) is 0 Å². The van der Waals surface area contributed by atoms with Crippen LogP contribution >= 0.6 is 27.5 Å². The van der Waals surface area contributed by atoms with Crippen LogP contribution in [-0.2, 0) is 13.1 Å². The first-order valence-electron chi connectivity index (χ1n) is 5.17. The Balaban J connectivity index is 1.90. The molecule has 0 aliphatic carbocycles. The van der Waals surface area contributed by atoms with Crippen LogP contribution in [-0.4, -0.2) is 10.2 Å². The van der Waals surface area contributed by atoms with Gasteiger partial charge in [-0.3, -0.25) is 0 Å². The lowest BCUT2D eigenvalue weighted by Crippen LogP contribution is -2.14. The molecule has 0 atom stereocenters. The van der Waals surface area contributed by atoms with Crippen molar-refractivity contribution < 1.29 is 0 Å². The van der Waals surface area contributed by atoms with Crippen LogP contribution in [0.15, 0.2) is 41.0 Å². The summed E-state index contributed by atoms with van der Waals surface area (Å²) in [6, 6.07) is 9.67. The minimum atomic E-state index is 0.681. The quantitative estimate of drug-likeness (QED) is 0.942. The van der Waals surface area contributed by atoms with Crippen LogP contribution in [0.4, 0.5) is 0 Å². The molecule has 88 valence electrons. The van der Waals surface area contributed by atoms with Crippen molar-refractivity contribution in [1.82, 2.24) is 15.5 Å². The van der Waals surface area contributed by atoms with E-state index in [0.29, 0.717) is 13.1 Å². The SMILES string of the molecule is Clc1cc(Br)ccc1CNCc1cccnn1. The first kappa shape index (κ1) is 12.5. The number of nitrogens with one attached hydrogen (secondary N) is 1. The van der Waals surface area contributed by atoms with Crippen molar-refractivity contribution in [2.24, 2.45) is 0 Å². The molecular formula is C12H11BrClN3. The maximum absolute atomic E-state index is 6.11. The van der Waals surface area contributed by atoms with Gasteiger partial charge in [0.2, 0.25) is 0 Å². The summed E-state index contributed by atoms with van der Waals surface area (Å²) in [5, 5.41) is 11.8. The maximum Gasteiger partial charge on any atom is 0.0769 e. The molecule has 3 nitrogen and oxygen atoms in total. The maximum atomic E-state index is 6.11. The molecule has 1 N–H and O–H groups in total. The highest BCUT2D eigenvalue weighted by atomic mass is 79.9. The van der Waals surface area contributed by atoms with Crippen molar-refractivity contribution in [3.05, 3.63) is 57.3 Å². The molecule has 0 fully saturated rings. The Morgan fingerprint density at radius 1 is 1.24 bits per heavy atom. The molecule has 0 bridgehead atoms. The molecule has 1 heterocycles. The molecule has 0 unspecified atom stereocenters. The van der Waals surface area contributed by atoms with Gasteiger partial charge in [0, 0.05) is 28.8 Å². The van der Waals surface area contributed by atoms with Gasteiger partial charge >= 0.3 is 0 Å². The number of rotatable bonds is 4. The summed E-state index contributed by atoms with van der Waals surface area (Å²) in [6.45, 7) is 1.39. The molecule has 1 aromatic carbocycles.